The van der Waals surface area contributed by atoms with E-state index >= 15 is 0 Å². The van der Waals surface area contributed by atoms with Gasteiger partial charge in [-0.15, -0.1) is 0 Å². The second kappa shape index (κ2) is 5.12. The summed E-state index contributed by atoms with van der Waals surface area (Å²) in [4.78, 5) is 15.9. The molecule has 0 N–H and O–H groups in total. The highest BCUT2D eigenvalue weighted by Gasteiger charge is 2.26. The zero-order valence-electron chi connectivity index (χ0n) is 9.20. The molecule has 0 amide bonds. The van der Waals surface area contributed by atoms with Gasteiger partial charge in [-0.1, -0.05) is 0 Å². The Labute approximate surface area is 109 Å². The lowest BCUT2D eigenvalue weighted by Crippen LogP contribution is -2.09. The number of carbonyl (C=O) groups is 1. The van der Waals surface area contributed by atoms with Crippen molar-refractivity contribution in [2.24, 2.45) is 0 Å². The van der Waals surface area contributed by atoms with Gasteiger partial charge in [0.05, 0.1) is 13.0 Å². The van der Waals surface area contributed by atoms with E-state index in [1.807, 2.05) is 13.1 Å². The molecule has 0 aromatic carbocycles. The maximum Gasteiger partial charge on any atom is 0.306 e. The third-order valence-electron chi connectivity index (χ3n) is 2.84. The molecule has 1 aromatic rings. The topological polar surface area (TPSA) is 39.2 Å². The molecule has 1 heterocycles. The summed E-state index contributed by atoms with van der Waals surface area (Å²) >= 11 is 2.26. The van der Waals surface area contributed by atoms with E-state index in [0.29, 0.717) is 13.0 Å². The van der Waals surface area contributed by atoms with Gasteiger partial charge in [0.25, 0.3) is 0 Å². The monoisotopic (exact) mass is 331 g/mol. The first-order valence-electron chi connectivity index (χ1n) is 5.50. The molecule has 0 spiro atoms. The quantitative estimate of drug-likeness (QED) is 0.631. The number of ether oxygens (including phenoxy) is 1. The second-order valence-corrected chi connectivity index (χ2v) is 5.19. The third kappa shape index (κ3) is 2.53. The Morgan fingerprint density at radius 3 is 3.25 bits per heavy atom. The Kier molecular flexibility index (Phi) is 3.78. The number of esters is 1. The number of hydrogen-bond donors (Lipinski definition) is 0. The number of pyridine rings is 1. The normalized spacial score (nSPS) is 18.2. The lowest BCUT2D eigenvalue weighted by Gasteiger charge is -2.09. The fraction of sp³-hybridized carbons (Fsp3) is 0.500. The summed E-state index contributed by atoms with van der Waals surface area (Å²) in [5.41, 5.74) is 2.38. The minimum atomic E-state index is -0.110. The predicted molar refractivity (Wildman–Crippen MR) is 69.3 cm³/mol. The molecular formula is C12H14INO2. The van der Waals surface area contributed by atoms with Crippen molar-refractivity contribution in [3.05, 3.63) is 27.1 Å². The molecule has 0 saturated carbocycles. The van der Waals surface area contributed by atoms with Crippen molar-refractivity contribution >= 4 is 28.6 Å². The predicted octanol–water partition coefficient (Wildman–Crippen LogP) is 2.67. The molecule has 4 heteroatoms. The number of halogens is 1. The van der Waals surface area contributed by atoms with Crippen LogP contribution in [-0.4, -0.2) is 17.6 Å². The summed E-state index contributed by atoms with van der Waals surface area (Å²) in [6.07, 6.45) is 4.38. The van der Waals surface area contributed by atoms with Crippen molar-refractivity contribution in [1.29, 1.82) is 0 Å². The van der Waals surface area contributed by atoms with Crippen LogP contribution in [0.1, 0.15) is 36.9 Å². The van der Waals surface area contributed by atoms with Gasteiger partial charge in [-0.2, -0.15) is 0 Å². The Balaban J connectivity index is 2.09. The average molecular weight is 331 g/mol. The first-order valence-corrected chi connectivity index (χ1v) is 6.58. The van der Waals surface area contributed by atoms with Crippen LogP contribution in [0, 0.1) is 3.57 Å². The maximum atomic E-state index is 11.4. The van der Waals surface area contributed by atoms with Crippen LogP contribution in [0.5, 0.6) is 0 Å². The van der Waals surface area contributed by atoms with Crippen LogP contribution in [0.4, 0.5) is 0 Å². The first-order chi connectivity index (χ1) is 7.70. The molecule has 1 aliphatic carbocycles. The molecule has 0 radical (unpaired) electrons. The highest BCUT2D eigenvalue weighted by molar-refractivity contribution is 14.1. The summed E-state index contributed by atoms with van der Waals surface area (Å²) < 4.78 is 6.13. The Bertz CT molecular complexity index is 406. The van der Waals surface area contributed by atoms with E-state index in [4.69, 9.17) is 4.74 Å². The van der Waals surface area contributed by atoms with E-state index in [2.05, 4.69) is 33.6 Å². The Morgan fingerprint density at radius 2 is 2.50 bits per heavy atom. The van der Waals surface area contributed by atoms with Crippen molar-refractivity contribution < 1.29 is 9.53 Å². The lowest BCUT2D eigenvalue weighted by atomic mass is 10.0. The van der Waals surface area contributed by atoms with Crippen molar-refractivity contribution in [3.63, 3.8) is 0 Å². The first kappa shape index (κ1) is 11.8. The highest BCUT2D eigenvalue weighted by atomic mass is 127. The molecule has 0 bridgehead atoms. The molecule has 0 fully saturated rings. The minimum Gasteiger partial charge on any atom is -0.466 e. The smallest absolute Gasteiger partial charge is 0.306 e. The van der Waals surface area contributed by atoms with Gasteiger partial charge in [0.1, 0.15) is 0 Å². The van der Waals surface area contributed by atoms with Crippen LogP contribution in [0.25, 0.3) is 0 Å². The van der Waals surface area contributed by atoms with Crippen LogP contribution >= 0.6 is 22.6 Å². The third-order valence-corrected chi connectivity index (χ3v) is 3.43. The standard InChI is InChI=1S/C12H14INO2/c1-2-16-11(15)6-9-4-3-8-5-10(13)7-14-12(8)9/h5,7,9H,2-4,6H2,1H3/t9-/m0/s1. The summed E-state index contributed by atoms with van der Waals surface area (Å²) in [5.74, 6) is 0.145. The molecule has 0 aliphatic heterocycles. The van der Waals surface area contributed by atoms with E-state index in [-0.39, 0.29) is 11.9 Å². The fourth-order valence-electron chi connectivity index (χ4n) is 2.15. The van der Waals surface area contributed by atoms with Crippen molar-refractivity contribution in [2.75, 3.05) is 6.61 Å². The van der Waals surface area contributed by atoms with Crippen LogP contribution in [0.15, 0.2) is 12.3 Å². The van der Waals surface area contributed by atoms with Gasteiger partial charge in [0, 0.05) is 21.4 Å². The van der Waals surface area contributed by atoms with E-state index in [1.165, 1.54) is 5.56 Å². The van der Waals surface area contributed by atoms with E-state index in [9.17, 15) is 4.79 Å². The number of hydrogen-bond acceptors (Lipinski definition) is 3. The molecule has 1 atom stereocenters. The Morgan fingerprint density at radius 1 is 1.69 bits per heavy atom. The van der Waals surface area contributed by atoms with Crippen LogP contribution in [0.2, 0.25) is 0 Å². The SMILES string of the molecule is CCOC(=O)C[C@@H]1CCc2cc(I)cnc21. The number of carbonyl (C=O) groups excluding carboxylic acids is 1. The maximum absolute atomic E-state index is 11.4. The largest absolute Gasteiger partial charge is 0.466 e. The molecule has 2 rings (SSSR count). The van der Waals surface area contributed by atoms with E-state index in [0.717, 1.165) is 22.1 Å². The summed E-state index contributed by atoms with van der Waals surface area (Å²) in [6.45, 7) is 2.29. The molecule has 3 nitrogen and oxygen atoms in total. The summed E-state index contributed by atoms with van der Waals surface area (Å²) in [6, 6.07) is 2.16. The average Bonchev–Trinajstić information content (AvgIpc) is 2.61. The van der Waals surface area contributed by atoms with Gasteiger partial charge in [0.2, 0.25) is 0 Å². The van der Waals surface area contributed by atoms with E-state index < -0.39 is 0 Å². The van der Waals surface area contributed by atoms with Gasteiger partial charge in [-0.3, -0.25) is 9.78 Å². The lowest BCUT2D eigenvalue weighted by molar-refractivity contribution is -0.143. The summed E-state index contributed by atoms with van der Waals surface area (Å²) in [5, 5.41) is 0. The molecule has 86 valence electrons. The Hall–Kier alpha value is -0.650. The van der Waals surface area contributed by atoms with Gasteiger partial charge in [-0.05, 0) is 54.0 Å². The molecule has 0 unspecified atom stereocenters. The second-order valence-electron chi connectivity index (χ2n) is 3.94. The van der Waals surface area contributed by atoms with Gasteiger partial charge < -0.3 is 4.74 Å². The number of nitrogens with zero attached hydrogens (tertiary/aromatic N) is 1. The molecule has 1 aliphatic rings. The van der Waals surface area contributed by atoms with E-state index in [1.54, 1.807) is 0 Å². The summed E-state index contributed by atoms with van der Waals surface area (Å²) in [7, 11) is 0. The van der Waals surface area contributed by atoms with Gasteiger partial charge in [0.15, 0.2) is 0 Å². The number of aryl methyl sites for hydroxylation is 1. The highest BCUT2D eigenvalue weighted by Crippen LogP contribution is 2.34. The zero-order valence-corrected chi connectivity index (χ0v) is 11.4. The van der Waals surface area contributed by atoms with Crippen LogP contribution in [-0.2, 0) is 16.0 Å². The number of rotatable bonds is 3. The minimum absolute atomic E-state index is 0.110. The van der Waals surface area contributed by atoms with Crippen LogP contribution in [0.3, 0.4) is 0 Å². The van der Waals surface area contributed by atoms with Crippen molar-refractivity contribution in [2.45, 2.75) is 32.1 Å². The number of aromatic nitrogens is 1. The molecule has 1 aromatic heterocycles. The van der Waals surface area contributed by atoms with Crippen LogP contribution < -0.4 is 0 Å². The van der Waals surface area contributed by atoms with Gasteiger partial charge in [-0.25, -0.2) is 0 Å². The molecule has 0 saturated heterocycles. The molecular weight excluding hydrogens is 317 g/mol. The zero-order chi connectivity index (χ0) is 11.5. The fourth-order valence-corrected chi connectivity index (χ4v) is 2.66. The van der Waals surface area contributed by atoms with Crippen molar-refractivity contribution in [3.8, 4) is 0 Å². The number of fused-ring (bicyclic) bond motifs is 1. The van der Waals surface area contributed by atoms with Gasteiger partial charge >= 0.3 is 5.97 Å². The van der Waals surface area contributed by atoms with Crippen molar-refractivity contribution in [1.82, 2.24) is 4.98 Å². The molecule has 16 heavy (non-hydrogen) atoms.